The molecule has 1 amide bonds. The Morgan fingerprint density at radius 3 is 2.78 bits per heavy atom. The van der Waals surface area contributed by atoms with Gasteiger partial charge in [-0.15, -0.1) is 0 Å². The molecule has 6 nitrogen and oxygen atoms in total. The van der Waals surface area contributed by atoms with Gasteiger partial charge in [-0.05, 0) is 67.9 Å². The topological polar surface area (TPSA) is 82.2 Å². The van der Waals surface area contributed by atoms with Crippen LogP contribution in [0.2, 0.25) is 0 Å². The molecule has 1 saturated carbocycles. The van der Waals surface area contributed by atoms with Crippen molar-refractivity contribution in [3.05, 3.63) is 40.2 Å². The van der Waals surface area contributed by atoms with Gasteiger partial charge in [0, 0.05) is 12.3 Å². The predicted molar refractivity (Wildman–Crippen MR) is 117 cm³/mol. The van der Waals surface area contributed by atoms with Crippen molar-refractivity contribution in [2.75, 3.05) is 18.5 Å². The molecule has 32 heavy (non-hydrogen) atoms. The first-order valence-corrected chi connectivity index (χ1v) is 11.5. The molecular weight excluding hydrogens is 414 g/mol. The number of carbonyl (C=O) groups is 1. The summed E-state index contributed by atoms with van der Waals surface area (Å²) in [7, 11) is 0. The molecule has 1 aromatic carbocycles. The summed E-state index contributed by atoms with van der Waals surface area (Å²) in [4.78, 5) is 12.0. The van der Waals surface area contributed by atoms with Gasteiger partial charge in [0.25, 0.3) is 5.91 Å². The van der Waals surface area contributed by atoms with Crippen molar-refractivity contribution in [3.63, 3.8) is 0 Å². The number of halogens is 2. The number of hydrogen-bond acceptors (Lipinski definition) is 4. The zero-order chi connectivity index (χ0) is 22.6. The lowest BCUT2D eigenvalue weighted by atomic mass is 9.76. The summed E-state index contributed by atoms with van der Waals surface area (Å²) in [5, 5.41) is 7.78. The Bertz CT molecular complexity index is 1070. The minimum atomic E-state index is -0.881. The number of aromatic nitrogens is 2. The van der Waals surface area contributed by atoms with Crippen LogP contribution in [-0.2, 0) is 24.0 Å². The van der Waals surface area contributed by atoms with Gasteiger partial charge in [0.15, 0.2) is 11.6 Å². The fourth-order valence-corrected chi connectivity index (χ4v) is 4.95. The van der Waals surface area contributed by atoms with Gasteiger partial charge in [0.05, 0.1) is 29.6 Å². The van der Waals surface area contributed by atoms with Crippen LogP contribution in [0, 0.1) is 23.0 Å². The molecule has 0 bridgehead atoms. The number of amides is 1. The van der Waals surface area contributed by atoms with Crippen LogP contribution in [0.1, 0.15) is 66.8 Å². The minimum absolute atomic E-state index is 0.0179. The third-order valence-corrected chi connectivity index (χ3v) is 7.00. The molecule has 1 aliphatic heterocycles. The number of nitrogens with zero attached hydrogens (tertiary/aromatic N) is 2. The Morgan fingerprint density at radius 2 is 2.12 bits per heavy atom. The maximum atomic E-state index is 15.9. The van der Waals surface area contributed by atoms with E-state index in [1.54, 1.807) is 0 Å². The highest BCUT2D eigenvalue weighted by atomic mass is 19.1. The average Bonchev–Trinajstić information content (AvgIpc) is 3.26. The molecule has 172 valence electrons. The number of hydrogen-bond donors (Lipinski definition) is 2. The van der Waals surface area contributed by atoms with Crippen LogP contribution in [0.3, 0.4) is 0 Å². The number of nitrogens with two attached hydrogens (primary N) is 1. The van der Waals surface area contributed by atoms with E-state index in [0.29, 0.717) is 32.0 Å². The van der Waals surface area contributed by atoms with Gasteiger partial charge >= 0.3 is 0 Å². The van der Waals surface area contributed by atoms with Crippen LogP contribution in [0.5, 0.6) is 0 Å². The lowest BCUT2D eigenvalue weighted by Crippen LogP contribution is -2.26. The third-order valence-electron chi connectivity index (χ3n) is 7.00. The van der Waals surface area contributed by atoms with E-state index in [1.807, 2.05) is 0 Å². The van der Waals surface area contributed by atoms with Gasteiger partial charge in [-0.1, -0.05) is 13.8 Å². The molecule has 0 radical (unpaired) electrons. The molecule has 1 atom stereocenters. The number of ether oxygens (including phenoxy) is 1. The van der Waals surface area contributed by atoms with E-state index in [4.69, 9.17) is 15.6 Å². The van der Waals surface area contributed by atoms with E-state index in [-0.39, 0.29) is 28.4 Å². The Hall–Kier alpha value is -2.48. The molecule has 1 saturated heterocycles. The standard InChI is InChI=1S/C24H30F2N4O2/c1-24(2)7-5-15-18(9-13-3-4-13)29-30(19(15)11-24)22-17(25)10-16(23(27)31)21(20(22)26)28-14-6-8-32-12-14/h10,13-14,28H,3-9,11-12H2,1-2H3,(H2,27,31)/t14-/m1/s1. The van der Waals surface area contributed by atoms with E-state index in [2.05, 4.69) is 19.2 Å². The number of rotatable bonds is 6. The Morgan fingerprint density at radius 1 is 1.34 bits per heavy atom. The summed E-state index contributed by atoms with van der Waals surface area (Å²) in [6.07, 6.45) is 6.45. The minimum Gasteiger partial charge on any atom is -0.379 e. The van der Waals surface area contributed by atoms with Crippen LogP contribution in [-0.4, -0.2) is 34.9 Å². The number of fused-ring (bicyclic) bond motifs is 1. The van der Waals surface area contributed by atoms with Crippen LogP contribution in [0.4, 0.5) is 14.5 Å². The van der Waals surface area contributed by atoms with Crippen LogP contribution in [0.15, 0.2) is 6.07 Å². The number of carbonyl (C=O) groups excluding carboxylic acids is 1. The molecule has 1 aromatic heterocycles. The van der Waals surface area contributed by atoms with Crippen molar-refractivity contribution in [3.8, 4) is 5.69 Å². The van der Waals surface area contributed by atoms with E-state index < -0.39 is 17.5 Å². The quantitative estimate of drug-likeness (QED) is 0.708. The summed E-state index contributed by atoms with van der Waals surface area (Å²) in [5.41, 5.74) is 7.92. The molecular formula is C24H30F2N4O2. The first kappa shape index (κ1) is 21.4. The van der Waals surface area contributed by atoms with Crippen molar-refractivity contribution in [2.24, 2.45) is 17.1 Å². The molecule has 2 heterocycles. The second kappa shape index (κ2) is 7.83. The fraction of sp³-hybridized carbons (Fsp3) is 0.583. The molecule has 5 rings (SSSR count). The monoisotopic (exact) mass is 444 g/mol. The van der Waals surface area contributed by atoms with Crippen molar-refractivity contribution < 1.29 is 18.3 Å². The largest absolute Gasteiger partial charge is 0.379 e. The van der Waals surface area contributed by atoms with E-state index in [1.165, 1.54) is 17.5 Å². The average molecular weight is 445 g/mol. The lowest BCUT2D eigenvalue weighted by Gasteiger charge is -2.30. The molecule has 0 unspecified atom stereocenters. The van der Waals surface area contributed by atoms with Crippen molar-refractivity contribution >= 4 is 11.6 Å². The molecule has 2 aromatic rings. The fourth-order valence-electron chi connectivity index (χ4n) is 4.95. The first-order valence-electron chi connectivity index (χ1n) is 11.5. The second-order valence-corrected chi connectivity index (χ2v) is 10.3. The highest BCUT2D eigenvalue weighted by Gasteiger charge is 2.35. The molecule has 2 fully saturated rings. The highest BCUT2D eigenvalue weighted by Crippen LogP contribution is 2.41. The van der Waals surface area contributed by atoms with Crippen LogP contribution < -0.4 is 11.1 Å². The Labute approximate surface area is 186 Å². The second-order valence-electron chi connectivity index (χ2n) is 10.3. The molecule has 3 N–H and O–H groups in total. The SMILES string of the molecule is CC1(C)CCc2c(CC3CC3)nn(-c3c(F)cc(C(N)=O)c(N[C@@H]4CCOC4)c3F)c2C1. The third kappa shape index (κ3) is 3.89. The van der Waals surface area contributed by atoms with E-state index in [0.717, 1.165) is 42.3 Å². The van der Waals surface area contributed by atoms with E-state index in [9.17, 15) is 4.79 Å². The molecule has 2 aliphatic carbocycles. The first-order chi connectivity index (χ1) is 15.2. The summed E-state index contributed by atoms with van der Waals surface area (Å²) >= 11 is 0. The highest BCUT2D eigenvalue weighted by molar-refractivity contribution is 5.99. The summed E-state index contributed by atoms with van der Waals surface area (Å²) < 4.78 is 38.1. The number of primary amides is 1. The van der Waals surface area contributed by atoms with Crippen molar-refractivity contribution in [2.45, 2.75) is 64.8 Å². The summed E-state index contributed by atoms with van der Waals surface area (Å²) in [6.45, 7) is 5.28. The van der Waals surface area contributed by atoms with Gasteiger partial charge < -0.3 is 15.8 Å². The van der Waals surface area contributed by atoms with Gasteiger partial charge in [-0.2, -0.15) is 5.10 Å². The molecule has 8 heteroatoms. The predicted octanol–water partition coefficient (Wildman–Crippen LogP) is 3.92. The molecule has 3 aliphatic rings. The zero-order valence-corrected chi connectivity index (χ0v) is 18.6. The maximum absolute atomic E-state index is 15.9. The summed E-state index contributed by atoms with van der Waals surface area (Å²) in [5.74, 6) is -1.94. The molecule has 0 spiro atoms. The van der Waals surface area contributed by atoms with Crippen LogP contribution in [0.25, 0.3) is 5.69 Å². The smallest absolute Gasteiger partial charge is 0.251 e. The zero-order valence-electron chi connectivity index (χ0n) is 18.6. The van der Waals surface area contributed by atoms with Gasteiger partial charge in [-0.25, -0.2) is 13.5 Å². The lowest BCUT2D eigenvalue weighted by molar-refractivity contribution is 0.1000. The number of anilines is 1. The van der Waals surface area contributed by atoms with E-state index >= 15 is 8.78 Å². The Balaban J connectivity index is 1.65. The number of nitrogens with one attached hydrogen (secondary N) is 1. The van der Waals surface area contributed by atoms with Gasteiger partial charge in [-0.3, -0.25) is 4.79 Å². The van der Waals surface area contributed by atoms with Crippen molar-refractivity contribution in [1.82, 2.24) is 9.78 Å². The van der Waals surface area contributed by atoms with Gasteiger partial charge in [0.1, 0.15) is 5.69 Å². The number of benzene rings is 1. The summed E-state index contributed by atoms with van der Waals surface area (Å²) in [6, 6.07) is 0.860. The maximum Gasteiger partial charge on any atom is 0.251 e. The normalized spacial score (nSPS) is 22.1. The van der Waals surface area contributed by atoms with Gasteiger partial charge in [0.2, 0.25) is 0 Å². The Kier molecular flexibility index (Phi) is 5.23. The van der Waals surface area contributed by atoms with Crippen molar-refractivity contribution in [1.29, 1.82) is 0 Å². The van der Waals surface area contributed by atoms with Crippen LogP contribution >= 0.6 is 0 Å².